The number of carbonyl (C=O) groups excluding carboxylic acids is 1. The Morgan fingerprint density at radius 2 is 0.672 bits per heavy atom. The van der Waals surface area contributed by atoms with Crippen molar-refractivity contribution >= 4 is 5.91 Å². The van der Waals surface area contributed by atoms with Crippen LogP contribution >= 0.6 is 0 Å². The van der Waals surface area contributed by atoms with Crippen LogP contribution < -0.4 is 5.32 Å². The maximum Gasteiger partial charge on any atom is 0.220 e. The summed E-state index contributed by atoms with van der Waals surface area (Å²) in [4.78, 5) is 12.4. The van der Waals surface area contributed by atoms with Crippen molar-refractivity contribution in [1.82, 2.24) is 5.32 Å². The summed E-state index contributed by atoms with van der Waals surface area (Å²) in [6.07, 6.45) is 67.3. The third kappa shape index (κ3) is 45.7. The molecule has 0 aliphatic rings. The molecule has 0 aromatic rings. The lowest BCUT2D eigenvalue weighted by Gasteiger charge is -2.19. The second-order valence-electron chi connectivity index (χ2n) is 17.9. The second kappa shape index (κ2) is 50.0. The number of aliphatic hydroxyl groups is 2. The first kappa shape index (κ1) is 56.6. The van der Waals surface area contributed by atoms with Gasteiger partial charge in [-0.15, -0.1) is 0 Å². The molecule has 3 N–H and O–H groups in total. The summed E-state index contributed by atoms with van der Waals surface area (Å²) in [6.45, 7) is 4.30. The van der Waals surface area contributed by atoms with Crippen molar-refractivity contribution in [2.45, 2.75) is 296 Å². The van der Waals surface area contributed by atoms with Gasteiger partial charge in [0.25, 0.3) is 0 Å². The first-order valence-corrected chi connectivity index (χ1v) is 26.2. The average Bonchev–Trinajstić information content (AvgIpc) is 3.23. The molecule has 0 fully saturated rings. The fraction of sp³-hybridized carbons (Fsp3) is 0.870. The lowest BCUT2D eigenvalue weighted by molar-refractivity contribution is -0.123. The maximum atomic E-state index is 12.4. The monoisotopic (exact) mass is 814 g/mol. The number of carbonyl (C=O) groups is 1. The molecule has 342 valence electrons. The Balaban J connectivity index is 3.45. The lowest BCUT2D eigenvalue weighted by Crippen LogP contribution is -2.45. The zero-order chi connectivity index (χ0) is 42.1. The molecule has 2 atom stereocenters. The Labute approximate surface area is 363 Å². The van der Waals surface area contributed by atoms with Crippen LogP contribution in [0.15, 0.2) is 36.5 Å². The maximum absolute atomic E-state index is 12.4. The van der Waals surface area contributed by atoms with Gasteiger partial charge in [-0.2, -0.15) is 0 Å². The van der Waals surface area contributed by atoms with Crippen LogP contribution in [0.5, 0.6) is 0 Å². The van der Waals surface area contributed by atoms with Gasteiger partial charge >= 0.3 is 0 Å². The minimum atomic E-state index is -0.867. The van der Waals surface area contributed by atoms with Crippen molar-refractivity contribution in [1.29, 1.82) is 0 Å². The number of aliphatic hydroxyl groups excluding tert-OH is 2. The molecule has 0 saturated heterocycles. The number of hydrogen-bond donors (Lipinski definition) is 3. The van der Waals surface area contributed by atoms with Gasteiger partial charge in [0.1, 0.15) is 0 Å². The quantitative estimate of drug-likeness (QED) is 0.0423. The van der Waals surface area contributed by atoms with Gasteiger partial charge in [0, 0.05) is 6.42 Å². The summed E-state index contributed by atoms with van der Waals surface area (Å²) in [5.74, 6) is -0.0737. The minimum Gasteiger partial charge on any atom is -0.394 e. The van der Waals surface area contributed by atoms with Gasteiger partial charge in [-0.3, -0.25) is 4.79 Å². The van der Waals surface area contributed by atoms with Crippen LogP contribution in [0, 0.1) is 0 Å². The Kier molecular flexibility index (Phi) is 48.8. The molecule has 4 nitrogen and oxygen atoms in total. The van der Waals surface area contributed by atoms with Gasteiger partial charge in [-0.1, -0.05) is 269 Å². The average molecular weight is 814 g/mol. The van der Waals surface area contributed by atoms with E-state index in [1.807, 2.05) is 6.08 Å². The van der Waals surface area contributed by atoms with Gasteiger partial charge in [0.05, 0.1) is 18.8 Å². The van der Waals surface area contributed by atoms with E-state index in [4.69, 9.17) is 0 Å². The van der Waals surface area contributed by atoms with E-state index in [2.05, 4.69) is 43.5 Å². The SMILES string of the molecule is CCCCCCC/C=C/CC/C=C/CC/C=C/C(O)C(CO)NC(=O)CCCCCCCCCCCCCCCCCCCCCCCCCCCCCCCCC. The largest absolute Gasteiger partial charge is 0.394 e. The molecule has 0 bridgehead atoms. The summed E-state index contributed by atoms with van der Waals surface area (Å²) in [7, 11) is 0. The fourth-order valence-corrected chi connectivity index (χ4v) is 8.10. The van der Waals surface area contributed by atoms with Crippen molar-refractivity contribution in [2.75, 3.05) is 6.61 Å². The smallest absolute Gasteiger partial charge is 0.220 e. The van der Waals surface area contributed by atoms with Crippen molar-refractivity contribution in [2.24, 2.45) is 0 Å². The number of hydrogen-bond acceptors (Lipinski definition) is 3. The Morgan fingerprint density at radius 3 is 1.00 bits per heavy atom. The van der Waals surface area contributed by atoms with Gasteiger partial charge in [-0.25, -0.2) is 0 Å². The molecular formula is C54H103NO3. The zero-order valence-electron chi connectivity index (χ0n) is 39.3. The van der Waals surface area contributed by atoms with Crippen LogP contribution in [0.3, 0.4) is 0 Å². The van der Waals surface area contributed by atoms with E-state index in [-0.39, 0.29) is 12.5 Å². The Hall–Kier alpha value is -1.39. The predicted molar refractivity (Wildman–Crippen MR) is 258 cm³/mol. The summed E-state index contributed by atoms with van der Waals surface area (Å²) < 4.78 is 0. The van der Waals surface area contributed by atoms with E-state index < -0.39 is 12.1 Å². The minimum absolute atomic E-state index is 0.0737. The van der Waals surface area contributed by atoms with Crippen molar-refractivity contribution in [3.63, 3.8) is 0 Å². The molecule has 1 amide bonds. The number of rotatable bonds is 48. The van der Waals surface area contributed by atoms with Crippen LogP contribution in [-0.4, -0.2) is 34.9 Å². The highest BCUT2D eigenvalue weighted by molar-refractivity contribution is 5.76. The van der Waals surface area contributed by atoms with Crippen LogP contribution in [0.2, 0.25) is 0 Å². The van der Waals surface area contributed by atoms with Crippen LogP contribution in [0.4, 0.5) is 0 Å². The third-order valence-electron chi connectivity index (χ3n) is 12.1. The topological polar surface area (TPSA) is 69.6 Å². The van der Waals surface area contributed by atoms with E-state index in [9.17, 15) is 15.0 Å². The highest BCUT2D eigenvalue weighted by Crippen LogP contribution is 2.17. The lowest BCUT2D eigenvalue weighted by atomic mass is 10.0. The molecule has 58 heavy (non-hydrogen) atoms. The fourth-order valence-electron chi connectivity index (χ4n) is 8.10. The standard InChI is InChI=1S/C54H103NO3/c1-3-5-7-9-11-13-15-17-19-20-21-22-23-24-25-26-27-28-29-30-31-32-33-34-36-38-40-42-44-46-48-50-54(58)55-52(51-56)53(57)49-47-45-43-41-39-37-35-18-16-14-12-10-8-6-4-2/h16,18,39,41,47,49,52-53,56-57H,3-15,17,19-38,40,42-46,48,50-51H2,1-2H3,(H,55,58)/b18-16+,41-39+,49-47+. The molecule has 0 aliphatic heterocycles. The molecule has 4 heteroatoms. The molecule has 0 aliphatic carbocycles. The summed E-state index contributed by atoms with van der Waals surface area (Å²) in [5, 5.41) is 23.0. The number of nitrogens with one attached hydrogen (secondary N) is 1. The van der Waals surface area contributed by atoms with Crippen LogP contribution in [0.1, 0.15) is 284 Å². The van der Waals surface area contributed by atoms with E-state index in [1.165, 1.54) is 225 Å². The van der Waals surface area contributed by atoms with Crippen LogP contribution in [-0.2, 0) is 4.79 Å². The summed E-state index contributed by atoms with van der Waals surface area (Å²) in [6, 6.07) is -0.642. The van der Waals surface area contributed by atoms with Gasteiger partial charge in [0.2, 0.25) is 5.91 Å². The molecule has 0 spiro atoms. The molecule has 0 heterocycles. The predicted octanol–water partition coefficient (Wildman–Crippen LogP) is 16.9. The van der Waals surface area contributed by atoms with Gasteiger partial charge < -0.3 is 15.5 Å². The number of unbranched alkanes of at least 4 members (excludes halogenated alkanes) is 37. The van der Waals surface area contributed by atoms with E-state index in [0.29, 0.717) is 6.42 Å². The molecule has 0 rings (SSSR count). The van der Waals surface area contributed by atoms with E-state index in [0.717, 1.165) is 38.5 Å². The highest BCUT2D eigenvalue weighted by atomic mass is 16.3. The Bertz CT molecular complexity index is 882. The molecular weight excluding hydrogens is 711 g/mol. The van der Waals surface area contributed by atoms with E-state index >= 15 is 0 Å². The molecule has 0 aromatic carbocycles. The third-order valence-corrected chi connectivity index (χ3v) is 12.1. The van der Waals surface area contributed by atoms with Gasteiger partial charge in [-0.05, 0) is 44.9 Å². The van der Waals surface area contributed by atoms with Crippen LogP contribution in [0.25, 0.3) is 0 Å². The Morgan fingerprint density at radius 1 is 0.397 bits per heavy atom. The molecule has 0 aromatic heterocycles. The number of amides is 1. The molecule has 2 unspecified atom stereocenters. The summed E-state index contributed by atoms with van der Waals surface area (Å²) >= 11 is 0. The second-order valence-corrected chi connectivity index (χ2v) is 17.9. The first-order chi connectivity index (χ1) is 28.7. The zero-order valence-corrected chi connectivity index (χ0v) is 39.3. The molecule has 0 radical (unpaired) electrons. The first-order valence-electron chi connectivity index (χ1n) is 26.2. The van der Waals surface area contributed by atoms with Crippen molar-refractivity contribution < 1.29 is 15.0 Å². The number of allylic oxidation sites excluding steroid dienone is 5. The van der Waals surface area contributed by atoms with E-state index in [1.54, 1.807) is 6.08 Å². The summed E-state index contributed by atoms with van der Waals surface area (Å²) in [5.41, 5.74) is 0. The van der Waals surface area contributed by atoms with Gasteiger partial charge in [0.15, 0.2) is 0 Å². The molecule has 0 saturated carbocycles. The van der Waals surface area contributed by atoms with Crippen molar-refractivity contribution in [3.05, 3.63) is 36.5 Å². The normalized spacial score (nSPS) is 13.1. The highest BCUT2D eigenvalue weighted by Gasteiger charge is 2.17. The van der Waals surface area contributed by atoms with Crippen molar-refractivity contribution in [3.8, 4) is 0 Å².